The number of nitrogens with zero attached hydrogens (tertiary/aromatic N) is 3. The van der Waals surface area contributed by atoms with Crippen LogP contribution in [0.5, 0.6) is 0 Å². The standard InChI is InChI=1S/C18H17Cl2N3O2/c1-10(2)12-5-7-13(8-6-12)14(9-21)16(25-11(3)24)15-17(19)22-23(4)18(15)20/h5-8,10H,1-4H3/b16-14-. The molecule has 5 nitrogen and oxygen atoms in total. The zero-order valence-electron chi connectivity index (χ0n) is 14.3. The van der Waals surface area contributed by atoms with Crippen LogP contribution in [0.3, 0.4) is 0 Å². The molecule has 1 aromatic carbocycles. The van der Waals surface area contributed by atoms with E-state index >= 15 is 0 Å². The van der Waals surface area contributed by atoms with Gasteiger partial charge in [0.2, 0.25) is 0 Å². The number of rotatable bonds is 4. The number of benzene rings is 1. The van der Waals surface area contributed by atoms with Crippen LogP contribution in [0.2, 0.25) is 10.3 Å². The summed E-state index contributed by atoms with van der Waals surface area (Å²) in [5.74, 6) is -0.230. The number of nitriles is 1. The predicted octanol–water partition coefficient (Wildman–Crippen LogP) is 4.81. The second-order valence-corrected chi connectivity index (χ2v) is 6.48. The number of carbonyl (C=O) groups is 1. The van der Waals surface area contributed by atoms with Crippen molar-refractivity contribution in [1.29, 1.82) is 5.26 Å². The molecule has 0 unspecified atom stereocenters. The molecule has 0 fully saturated rings. The molecule has 0 aliphatic carbocycles. The lowest BCUT2D eigenvalue weighted by Gasteiger charge is -2.11. The average molecular weight is 378 g/mol. The van der Waals surface area contributed by atoms with Gasteiger partial charge in [-0.15, -0.1) is 0 Å². The van der Waals surface area contributed by atoms with Crippen LogP contribution in [0.4, 0.5) is 0 Å². The van der Waals surface area contributed by atoms with E-state index in [2.05, 4.69) is 25.0 Å². The first-order valence-corrected chi connectivity index (χ1v) is 8.33. The maximum absolute atomic E-state index is 11.6. The molecule has 0 N–H and O–H groups in total. The number of hydrogen-bond acceptors (Lipinski definition) is 4. The summed E-state index contributed by atoms with van der Waals surface area (Å²) in [6.45, 7) is 5.40. The summed E-state index contributed by atoms with van der Waals surface area (Å²) in [6, 6.07) is 9.54. The minimum Gasteiger partial charge on any atom is -0.424 e. The van der Waals surface area contributed by atoms with Gasteiger partial charge in [-0.25, -0.2) is 0 Å². The van der Waals surface area contributed by atoms with Crippen LogP contribution < -0.4 is 0 Å². The van der Waals surface area contributed by atoms with E-state index in [0.29, 0.717) is 11.5 Å². The molecule has 0 spiro atoms. The molecule has 0 atom stereocenters. The second-order valence-electron chi connectivity index (χ2n) is 5.77. The lowest BCUT2D eigenvalue weighted by atomic mass is 9.98. The van der Waals surface area contributed by atoms with Crippen LogP contribution in [-0.4, -0.2) is 15.7 Å². The number of aryl methyl sites for hydroxylation is 1. The van der Waals surface area contributed by atoms with E-state index in [0.717, 1.165) is 5.56 Å². The fourth-order valence-corrected chi connectivity index (χ4v) is 2.86. The topological polar surface area (TPSA) is 67.9 Å². The third-order valence-corrected chi connectivity index (χ3v) is 4.31. The highest BCUT2D eigenvalue weighted by Gasteiger charge is 2.24. The Morgan fingerprint density at radius 1 is 1.28 bits per heavy atom. The van der Waals surface area contributed by atoms with E-state index in [9.17, 15) is 10.1 Å². The van der Waals surface area contributed by atoms with Gasteiger partial charge >= 0.3 is 5.97 Å². The van der Waals surface area contributed by atoms with Gasteiger partial charge in [-0.05, 0) is 17.0 Å². The van der Waals surface area contributed by atoms with Crippen LogP contribution >= 0.6 is 23.2 Å². The van der Waals surface area contributed by atoms with E-state index in [4.69, 9.17) is 27.9 Å². The Balaban J connectivity index is 2.70. The molecule has 2 aromatic rings. The van der Waals surface area contributed by atoms with Crippen molar-refractivity contribution in [2.45, 2.75) is 26.7 Å². The highest BCUT2D eigenvalue weighted by Crippen LogP contribution is 2.36. The van der Waals surface area contributed by atoms with Gasteiger partial charge in [-0.3, -0.25) is 9.48 Å². The van der Waals surface area contributed by atoms with Crippen LogP contribution in [0.15, 0.2) is 24.3 Å². The number of ether oxygens (including phenoxy) is 1. The molecule has 0 saturated carbocycles. The Bertz CT molecular complexity index is 875. The number of hydrogen-bond donors (Lipinski definition) is 0. The van der Waals surface area contributed by atoms with E-state index in [1.165, 1.54) is 11.6 Å². The first kappa shape index (κ1) is 19.0. The predicted molar refractivity (Wildman–Crippen MR) is 98.0 cm³/mol. The van der Waals surface area contributed by atoms with Crippen molar-refractivity contribution in [3.05, 3.63) is 51.3 Å². The molecule has 0 aliphatic rings. The largest absolute Gasteiger partial charge is 0.424 e. The molecule has 2 rings (SSSR count). The van der Waals surface area contributed by atoms with Crippen molar-refractivity contribution in [2.24, 2.45) is 7.05 Å². The summed E-state index contributed by atoms with van der Waals surface area (Å²) in [5.41, 5.74) is 2.10. The van der Waals surface area contributed by atoms with Crippen molar-refractivity contribution < 1.29 is 9.53 Å². The molecule has 25 heavy (non-hydrogen) atoms. The van der Waals surface area contributed by atoms with Crippen LogP contribution in [0.25, 0.3) is 11.3 Å². The number of allylic oxidation sites excluding steroid dienone is 1. The van der Waals surface area contributed by atoms with Gasteiger partial charge in [-0.1, -0.05) is 61.3 Å². The third kappa shape index (κ3) is 4.04. The first-order chi connectivity index (χ1) is 11.8. The van der Waals surface area contributed by atoms with Gasteiger partial charge in [0.05, 0.1) is 5.56 Å². The molecular weight excluding hydrogens is 361 g/mol. The normalized spacial score (nSPS) is 11.9. The summed E-state index contributed by atoms with van der Waals surface area (Å²) < 4.78 is 6.64. The monoisotopic (exact) mass is 377 g/mol. The summed E-state index contributed by atoms with van der Waals surface area (Å²) in [7, 11) is 1.60. The van der Waals surface area contributed by atoms with Gasteiger partial charge in [0.25, 0.3) is 0 Å². The molecule has 0 bridgehead atoms. The number of aromatic nitrogens is 2. The SMILES string of the molecule is CC(=O)O/C(=C(/C#N)c1ccc(C(C)C)cc1)c1c(Cl)nn(C)c1Cl. The fraction of sp³-hybridized carbons (Fsp3) is 0.278. The Kier molecular flexibility index (Phi) is 5.89. The minimum atomic E-state index is -0.586. The number of carbonyl (C=O) groups excluding carboxylic acids is 1. The fourth-order valence-electron chi connectivity index (χ4n) is 2.31. The Hall–Kier alpha value is -2.29. The second kappa shape index (κ2) is 7.73. The minimum absolute atomic E-state index is 0.00426. The van der Waals surface area contributed by atoms with Crippen molar-refractivity contribution in [2.75, 3.05) is 0 Å². The maximum Gasteiger partial charge on any atom is 0.308 e. The number of halogens is 2. The van der Waals surface area contributed by atoms with Gasteiger partial charge in [0.15, 0.2) is 10.9 Å². The quantitative estimate of drug-likeness (QED) is 0.435. The smallest absolute Gasteiger partial charge is 0.308 e. The zero-order valence-corrected chi connectivity index (χ0v) is 15.8. The van der Waals surface area contributed by atoms with Crippen molar-refractivity contribution in [3.63, 3.8) is 0 Å². The van der Waals surface area contributed by atoms with Crippen molar-refractivity contribution >= 4 is 40.5 Å². The lowest BCUT2D eigenvalue weighted by Crippen LogP contribution is -2.02. The molecule has 0 saturated heterocycles. The molecule has 0 aliphatic heterocycles. The average Bonchev–Trinajstić information content (AvgIpc) is 2.80. The van der Waals surface area contributed by atoms with E-state index in [-0.39, 0.29) is 27.2 Å². The molecule has 1 aromatic heterocycles. The van der Waals surface area contributed by atoms with E-state index in [1.54, 1.807) is 19.2 Å². The summed E-state index contributed by atoms with van der Waals surface area (Å²) >= 11 is 12.4. The Labute approximate surface area is 156 Å². The summed E-state index contributed by atoms with van der Waals surface area (Å²) in [6.07, 6.45) is 0. The Morgan fingerprint density at radius 2 is 1.88 bits per heavy atom. The molecule has 130 valence electrons. The van der Waals surface area contributed by atoms with Gasteiger partial charge < -0.3 is 4.74 Å². The molecule has 0 amide bonds. The van der Waals surface area contributed by atoms with Gasteiger partial charge in [0, 0.05) is 14.0 Å². The van der Waals surface area contributed by atoms with Gasteiger partial charge in [0.1, 0.15) is 16.8 Å². The van der Waals surface area contributed by atoms with E-state index in [1.807, 2.05) is 12.1 Å². The highest BCUT2D eigenvalue weighted by atomic mass is 35.5. The molecule has 7 heteroatoms. The van der Waals surface area contributed by atoms with Crippen LogP contribution in [0.1, 0.15) is 43.4 Å². The first-order valence-electron chi connectivity index (χ1n) is 7.57. The highest BCUT2D eigenvalue weighted by molar-refractivity contribution is 6.37. The maximum atomic E-state index is 11.6. The molecule has 1 heterocycles. The van der Waals surface area contributed by atoms with E-state index < -0.39 is 5.97 Å². The molecule has 0 radical (unpaired) electrons. The van der Waals surface area contributed by atoms with Crippen molar-refractivity contribution in [1.82, 2.24) is 9.78 Å². The Morgan fingerprint density at radius 3 is 2.28 bits per heavy atom. The lowest BCUT2D eigenvalue weighted by molar-refractivity contribution is -0.134. The zero-order chi connectivity index (χ0) is 18.7. The number of esters is 1. The van der Waals surface area contributed by atoms with Crippen molar-refractivity contribution in [3.8, 4) is 6.07 Å². The van der Waals surface area contributed by atoms with Gasteiger partial charge in [-0.2, -0.15) is 10.4 Å². The van der Waals surface area contributed by atoms with Crippen LogP contribution in [-0.2, 0) is 16.6 Å². The third-order valence-electron chi connectivity index (χ3n) is 3.61. The van der Waals surface area contributed by atoms with Crippen LogP contribution in [0, 0.1) is 11.3 Å². The molecular formula is C18H17Cl2N3O2. The summed E-state index contributed by atoms with van der Waals surface area (Å²) in [4.78, 5) is 11.6. The summed E-state index contributed by atoms with van der Waals surface area (Å²) in [5, 5.41) is 13.9.